The second-order valence-electron chi connectivity index (χ2n) is 6.00. The number of amides is 1. The molecule has 0 spiro atoms. The van der Waals surface area contributed by atoms with Crippen LogP contribution in [0.1, 0.15) is 41.0 Å². The van der Waals surface area contributed by atoms with E-state index in [1.165, 1.54) is 5.69 Å². The third-order valence-electron chi connectivity index (χ3n) is 2.97. The van der Waals surface area contributed by atoms with Gasteiger partial charge in [-0.1, -0.05) is 20.8 Å². The molecule has 1 aromatic rings. The molecule has 0 saturated carbocycles. The predicted octanol–water partition coefficient (Wildman–Crippen LogP) is 3.91. The Bertz CT molecular complexity index is 400. The summed E-state index contributed by atoms with van der Waals surface area (Å²) in [7, 11) is 0. The van der Waals surface area contributed by atoms with E-state index in [4.69, 9.17) is 0 Å². The first-order valence-corrected chi connectivity index (χ1v) is 7.00. The quantitative estimate of drug-likeness (QED) is 0.872. The summed E-state index contributed by atoms with van der Waals surface area (Å²) in [6.07, 6.45) is 0.533. The highest BCUT2D eigenvalue weighted by Gasteiger charge is 2.15. The van der Waals surface area contributed by atoms with Crippen molar-refractivity contribution in [3.05, 3.63) is 24.3 Å². The summed E-state index contributed by atoms with van der Waals surface area (Å²) in [5.41, 5.74) is 2.08. The Morgan fingerprint density at radius 3 is 2.05 bits per heavy atom. The fourth-order valence-corrected chi connectivity index (χ4v) is 2.03. The molecule has 0 aliphatic heterocycles. The number of carbonyl (C=O) groups is 1. The summed E-state index contributed by atoms with van der Waals surface area (Å²) in [5.74, 6) is 0.0723. The molecule has 0 aliphatic rings. The van der Waals surface area contributed by atoms with Crippen molar-refractivity contribution in [1.82, 2.24) is 0 Å². The lowest BCUT2D eigenvalue weighted by molar-refractivity contribution is -0.117. The van der Waals surface area contributed by atoms with Crippen molar-refractivity contribution in [1.29, 1.82) is 0 Å². The summed E-state index contributed by atoms with van der Waals surface area (Å²) in [5, 5.41) is 2.94. The standard InChI is InChI=1S/C16H26N2O/c1-6-18(7-2)14-10-8-13(9-11-14)17-15(19)12-16(3,4)5/h8-11H,6-7,12H2,1-5H3,(H,17,19). The summed E-state index contributed by atoms with van der Waals surface area (Å²) in [6.45, 7) is 12.5. The van der Waals surface area contributed by atoms with Crippen molar-refractivity contribution in [2.24, 2.45) is 5.41 Å². The highest BCUT2D eigenvalue weighted by Crippen LogP contribution is 2.21. The second kappa shape index (κ2) is 6.60. The zero-order valence-electron chi connectivity index (χ0n) is 12.8. The molecule has 19 heavy (non-hydrogen) atoms. The average molecular weight is 262 g/mol. The Morgan fingerprint density at radius 1 is 1.11 bits per heavy atom. The first kappa shape index (κ1) is 15.5. The molecule has 0 unspecified atom stereocenters. The van der Waals surface area contributed by atoms with Crippen LogP contribution in [-0.4, -0.2) is 19.0 Å². The van der Waals surface area contributed by atoms with Crippen LogP contribution >= 0.6 is 0 Å². The average Bonchev–Trinajstić information content (AvgIpc) is 2.30. The van der Waals surface area contributed by atoms with Crippen molar-refractivity contribution >= 4 is 17.3 Å². The van der Waals surface area contributed by atoms with Crippen molar-refractivity contribution in [3.63, 3.8) is 0 Å². The van der Waals surface area contributed by atoms with Gasteiger partial charge in [0.1, 0.15) is 0 Å². The Balaban J connectivity index is 2.64. The molecule has 0 aliphatic carbocycles. The molecule has 1 N–H and O–H groups in total. The highest BCUT2D eigenvalue weighted by molar-refractivity contribution is 5.91. The molecule has 0 atom stereocenters. The van der Waals surface area contributed by atoms with Crippen LogP contribution < -0.4 is 10.2 Å². The van der Waals surface area contributed by atoms with E-state index in [1.807, 2.05) is 12.1 Å². The molecule has 0 bridgehead atoms. The topological polar surface area (TPSA) is 32.3 Å². The van der Waals surface area contributed by atoms with E-state index in [0.717, 1.165) is 18.8 Å². The number of rotatable bonds is 5. The molecule has 0 aromatic heterocycles. The third kappa shape index (κ3) is 5.33. The van der Waals surface area contributed by atoms with Gasteiger partial charge in [-0.05, 0) is 43.5 Å². The maximum absolute atomic E-state index is 11.8. The lowest BCUT2D eigenvalue weighted by Crippen LogP contribution is -2.22. The van der Waals surface area contributed by atoms with Gasteiger partial charge in [0, 0.05) is 30.9 Å². The number of hydrogen-bond acceptors (Lipinski definition) is 2. The zero-order chi connectivity index (χ0) is 14.5. The maximum atomic E-state index is 11.8. The van der Waals surface area contributed by atoms with Crippen LogP contribution in [0.15, 0.2) is 24.3 Å². The molecule has 1 aromatic carbocycles. The fraction of sp³-hybridized carbons (Fsp3) is 0.562. The molecular formula is C16H26N2O. The van der Waals surface area contributed by atoms with Gasteiger partial charge in [-0.3, -0.25) is 4.79 Å². The van der Waals surface area contributed by atoms with Gasteiger partial charge in [-0.15, -0.1) is 0 Å². The van der Waals surface area contributed by atoms with Crippen molar-refractivity contribution in [2.75, 3.05) is 23.3 Å². The molecule has 0 saturated heterocycles. The summed E-state index contributed by atoms with van der Waals surface area (Å²) in [6, 6.07) is 8.04. The third-order valence-corrected chi connectivity index (χ3v) is 2.97. The number of nitrogens with one attached hydrogen (secondary N) is 1. The molecule has 3 heteroatoms. The van der Waals surface area contributed by atoms with Gasteiger partial charge >= 0.3 is 0 Å². The minimum atomic E-state index is 0.0191. The lowest BCUT2D eigenvalue weighted by atomic mass is 9.92. The second-order valence-corrected chi connectivity index (χ2v) is 6.00. The van der Waals surface area contributed by atoms with E-state index >= 15 is 0 Å². The Hall–Kier alpha value is -1.51. The zero-order valence-corrected chi connectivity index (χ0v) is 12.8. The largest absolute Gasteiger partial charge is 0.372 e. The van der Waals surface area contributed by atoms with Crippen LogP contribution in [0.25, 0.3) is 0 Å². The Morgan fingerprint density at radius 2 is 1.63 bits per heavy atom. The van der Waals surface area contributed by atoms with Crippen LogP contribution in [0.2, 0.25) is 0 Å². The normalized spacial score (nSPS) is 11.2. The maximum Gasteiger partial charge on any atom is 0.224 e. The number of benzene rings is 1. The molecule has 1 amide bonds. The number of hydrogen-bond donors (Lipinski definition) is 1. The Kier molecular flexibility index (Phi) is 5.40. The molecule has 0 fully saturated rings. The monoisotopic (exact) mass is 262 g/mol. The van der Waals surface area contributed by atoms with Gasteiger partial charge in [0.15, 0.2) is 0 Å². The lowest BCUT2D eigenvalue weighted by Gasteiger charge is -2.21. The van der Waals surface area contributed by atoms with Crippen LogP contribution in [-0.2, 0) is 4.79 Å². The van der Waals surface area contributed by atoms with Crippen molar-refractivity contribution < 1.29 is 4.79 Å². The molecular weight excluding hydrogens is 236 g/mol. The molecule has 3 nitrogen and oxygen atoms in total. The summed E-state index contributed by atoms with van der Waals surface area (Å²) < 4.78 is 0. The van der Waals surface area contributed by atoms with Crippen molar-refractivity contribution in [3.8, 4) is 0 Å². The molecule has 106 valence electrons. The van der Waals surface area contributed by atoms with Gasteiger partial charge in [0.25, 0.3) is 0 Å². The molecule has 0 radical (unpaired) electrons. The van der Waals surface area contributed by atoms with Crippen LogP contribution in [0.3, 0.4) is 0 Å². The van der Waals surface area contributed by atoms with Crippen LogP contribution in [0.4, 0.5) is 11.4 Å². The summed E-state index contributed by atoms with van der Waals surface area (Å²) in [4.78, 5) is 14.1. The molecule has 0 heterocycles. The fourth-order valence-electron chi connectivity index (χ4n) is 2.03. The van der Waals surface area contributed by atoms with E-state index in [2.05, 4.69) is 57.0 Å². The van der Waals surface area contributed by atoms with Gasteiger partial charge in [0.2, 0.25) is 5.91 Å². The van der Waals surface area contributed by atoms with Gasteiger partial charge in [-0.2, -0.15) is 0 Å². The highest BCUT2D eigenvalue weighted by atomic mass is 16.1. The van der Waals surface area contributed by atoms with E-state index in [9.17, 15) is 4.79 Å². The van der Waals surface area contributed by atoms with Crippen LogP contribution in [0.5, 0.6) is 0 Å². The number of nitrogens with zero attached hydrogens (tertiary/aromatic N) is 1. The smallest absolute Gasteiger partial charge is 0.224 e. The minimum absolute atomic E-state index is 0.0191. The number of carbonyl (C=O) groups excluding carboxylic acids is 1. The number of anilines is 2. The first-order valence-electron chi connectivity index (χ1n) is 7.00. The first-order chi connectivity index (χ1) is 8.85. The van der Waals surface area contributed by atoms with Crippen LogP contribution in [0, 0.1) is 5.41 Å². The summed E-state index contributed by atoms with van der Waals surface area (Å²) >= 11 is 0. The van der Waals surface area contributed by atoms with E-state index in [1.54, 1.807) is 0 Å². The van der Waals surface area contributed by atoms with Gasteiger partial charge < -0.3 is 10.2 Å². The van der Waals surface area contributed by atoms with Crippen molar-refractivity contribution in [2.45, 2.75) is 41.0 Å². The SMILES string of the molecule is CCN(CC)c1ccc(NC(=O)CC(C)(C)C)cc1. The van der Waals surface area contributed by atoms with Gasteiger partial charge in [-0.25, -0.2) is 0 Å². The Labute approximate surface area is 117 Å². The van der Waals surface area contributed by atoms with E-state index in [-0.39, 0.29) is 11.3 Å². The van der Waals surface area contributed by atoms with E-state index < -0.39 is 0 Å². The van der Waals surface area contributed by atoms with E-state index in [0.29, 0.717) is 6.42 Å². The minimum Gasteiger partial charge on any atom is -0.372 e. The molecule has 1 rings (SSSR count). The van der Waals surface area contributed by atoms with Gasteiger partial charge in [0.05, 0.1) is 0 Å². The predicted molar refractivity (Wildman–Crippen MR) is 82.7 cm³/mol.